The van der Waals surface area contributed by atoms with Gasteiger partial charge < -0.3 is 9.84 Å². The molecule has 128 valence electrons. The van der Waals surface area contributed by atoms with Gasteiger partial charge in [-0.05, 0) is 25.1 Å². The van der Waals surface area contributed by atoms with Crippen molar-refractivity contribution in [2.45, 2.75) is 32.7 Å². The lowest BCUT2D eigenvalue weighted by Gasteiger charge is -2.10. The molecular formula is C17H18N6O2. The highest BCUT2D eigenvalue weighted by molar-refractivity contribution is 5.92. The van der Waals surface area contributed by atoms with Gasteiger partial charge in [0.05, 0.1) is 0 Å². The summed E-state index contributed by atoms with van der Waals surface area (Å²) in [6, 6.07) is 6.54. The van der Waals surface area contributed by atoms with Crippen LogP contribution < -0.4 is 5.32 Å². The van der Waals surface area contributed by atoms with E-state index in [0.29, 0.717) is 28.9 Å². The first-order chi connectivity index (χ1) is 12.0. The van der Waals surface area contributed by atoms with Crippen molar-refractivity contribution < 1.29 is 9.32 Å². The molecule has 0 aliphatic carbocycles. The van der Waals surface area contributed by atoms with E-state index < -0.39 is 6.04 Å². The zero-order chi connectivity index (χ0) is 17.8. The second kappa shape index (κ2) is 7.16. The van der Waals surface area contributed by atoms with Gasteiger partial charge in [0, 0.05) is 18.3 Å². The van der Waals surface area contributed by atoms with Crippen molar-refractivity contribution in [3.8, 4) is 11.5 Å². The van der Waals surface area contributed by atoms with Gasteiger partial charge in [-0.2, -0.15) is 4.98 Å². The van der Waals surface area contributed by atoms with Crippen LogP contribution in [0.3, 0.4) is 0 Å². The van der Waals surface area contributed by atoms with Gasteiger partial charge in [0.15, 0.2) is 0 Å². The molecule has 0 radical (unpaired) electrons. The van der Waals surface area contributed by atoms with Gasteiger partial charge in [0.25, 0.3) is 5.91 Å². The van der Waals surface area contributed by atoms with Crippen molar-refractivity contribution in [1.82, 2.24) is 30.4 Å². The van der Waals surface area contributed by atoms with Crippen LogP contribution in [0.2, 0.25) is 0 Å². The minimum absolute atomic E-state index is 0.141. The highest BCUT2D eigenvalue weighted by atomic mass is 16.5. The Balaban J connectivity index is 1.72. The molecule has 3 heterocycles. The number of nitrogens with zero attached hydrogens (tertiary/aromatic N) is 5. The third-order valence-corrected chi connectivity index (χ3v) is 3.48. The smallest absolute Gasteiger partial charge is 0.270 e. The molecule has 0 aliphatic heterocycles. The zero-order valence-electron chi connectivity index (χ0n) is 14.2. The molecule has 3 aromatic rings. The number of aromatic nitrogens is 5. The van der Waals surface area contributed by atoms with E-state index in [1.54, 1.807) is 37.5 Å². The third-order valence-electron chi connectivity index (χ3n) is 3.48. The van der Waals surface area contributed by atoms with Crippen LogP contribution in [-0.2, 0) is 0 Å². The fourth-order valence-corrected chi connectivity index (χ4v) is 2.12. The van der Waals surface area contributed by atoms with E-state index in [1.807, 2.05) is 19.9 Å². The number of hydrogen-bond acceptors (Lipinski definition) is 7. The molecule has 8 heteroatoms. The highest BCUT2D eigenvalue weighted by Gasteiger charge is 2.19. The van der Waals surface area contributed by atoms with Crippen LogP contribution >= 0.6 is 0 Å². The number of carbonyl (C=O) groups is 1. The van der Waals surface area contributed by atoms with E-state index in [0.717, 1.165) is 0 Å². The van der Waals surface area contributed by atoms with E-state index in [2.05, 4.69) is 30.4 Å². The predicted octanol–water partition coefficient (Wildman–Crippen LogP) is 2.54. The molecule has 1 N–H and O–H groups in total. The van der Waals surface area contributed by atoms with Gasteiger partial charge in [0.1, 0.15) is 23.3 Å². The van der Waals surface area contributed by atoms with Crippen LogP contribution in [0, 0.1) is 0 Å². The molecule has 0 fully saturated rings. The molecule has 1 amide bonds. The lowest BCUT2D eigenvalue weighted by molar-refractivity contribution is 0.0927. The van der Waals surface area contributed by atoms with Crippen molar-refractivity contribution in [2.75, 3.05) is 0 Å². The summed E-state index contributed by atoms with van der Waals surface area (Å²) < 4.78 is 5.23. The second-order valence-electron chi connectivity index (χ2n) is 5.82. The van der Waals surface area contributed by atoms with Crippen LogP contribution in [-0.4, -0.2) is 31.0 Å². The number of nitrogens with one attached hydrogen (secondary N) is 1. The Morgan fingerprint density at radius 3 is 2.64 bits per heavy atom. The molecule has 1 atom stereocenters. The maximum atomic E-state index is 12.4. The summed E-state index contributed by atoms with van der Waals surface area (Å²) in [5.41, 5.74) is 0.906. The molecule has 25 heavy (non-hydrogen) atoms. The zero-order valence-corrected chi connectivity index (χ0v) is 14.2. The fraction of sp³-hybridized carbons (Fsp3) is 0.294. The number of rotatable bonds is 5. The Morgan fingerprint density at radius 2 is 1.92 bits per heavy atom. The van der Waals surface area contributed by atoms with Crippen LogP contribution in [0.25, 0.3) is 11.5 Å². The molecule has 0 saturated carbocycles. The predicted molar refractivity (Wildman–Crippen MR) is 89.5 cm³/mol. The van der Waals surface area contributed by atoms with Crippen molar-refractivity contribution in [1.29, 1.82) is 0 Å². The van der Waals surface area contributed by atoms with Gasteiger partial charge in [-0.1, -0.05) is 25.1 Å². The summed E-state index contributed by atoms with van der Waals surface area (Å²) in [4.78, 5) is 29.3. The molecule has 0 aliphatic rings. The lowest BCUT2D eigenvalue weighted by atomic mass is 10.2. The number of amides is 1. The first-order valence-corrected chi connectivity index (χ1v) is 7.93. The molecule has 0 saturated heterocycles. The van der Waals surface area contributed by atoms with Gasteiger partial charge >= 0.3 is 0 Å². The van der Waals surface area contributed by atoms with Crippen LogP contribution in [0.1, 0.15) is 54.9 Å². The molecular weight excluding hydrogens is 320 g/mol. The van der Waals surface area contributed by atoms with Crippen LogP contribution in [0.15, 0.2) is 41.2 Å². The van der Waals surface area contributed by atoms with Gasteiger partial charge in [-0.25, -0.2) is 9.97 Å². The summed E-state index contributed by atoms with van der Waals surface area (Å²) >= 11 is 0. The van der Waals surface area contributed by atoms with E-state index >= 15 is 0 Å². The van der Waals surface area contributed by atoms with Crippen LogP contribution in [0.4, 0.5) is 0 Å². The first kappa shape index (κ1) is 16.7. The first-order valence-electron chi connectivity index (χ1n) is 7.93. The summed E-state index contributed by atoms with van der Waals surface area (Å²) in [7, 11) is 0. The quantitative estimate of drug-likeness (QED) is 0.761. The molecule has 8 nitrogen and oxygen atoms in total. The van der Waals surface area contributed by atoms with E-state index in [-0.39, 0.29) is 11.8 Å². The maximum absolute atomic E-state index is 12.4. The summed E-state index contributed by atoms with van der Waals surface area (Å²) in [5.74, 6) is 1.11. The molecule has 0 aromatic carbocycles. The summed E-state index contributed by atoms with van der Waals surface area (Å²) in [5, 5.41) is 6.70. The van der Waals surface area contributed by atoms with Crippen molar-refractivity contribution in [3.05, 3.63) is 54.1 Å². The topological polar surface area (TPSA) is 107 Å². The Hall–Kier alpha value is -3.16. The normalized spacial score (nSPS) is 12.2. The van der Waals surface area contributed by atoms with E-state index in [4.69, 9.17) is 4.52 Å². The summed E-state index contributed by atoms with van der Waals surface area (Å²) in [6.07, 6.45) is 3.23. The molecule has 0 unspecified atom stereocenters. The average molecular weight is 338 g/mol. The Labute approximate surface area is 144 Å². The Morgan fingerprint density at radius 1 is 1.08 bits per heavy atom. The molecule has 3 rings (SSSR count). The SMILES string of the molecule is CC(C)c1nccc(C(=O)N[C@H](C)c2nc(-c3ccccn3)no2)n1. The Bertz CT molecular complexity index is 862. The van der Waals surface area contributed by atoms with Crippen LogP contribution in [0.5, 0.6) is 0 Å². The average Bonchev–Trinajstić information content (AvgIpc) is 3.13. The lowest BCUT2D eigenvalue weighted by Crippen LogP contribution is -2.28. The highest BCUT2D eigenvalue weighted by Crippen LogP contribution is 2.17. The van der Waals surface area contributed by atoms with Gasteiger partial charge in [0.2, 0.25) is 11.7 Å². The maximum Gasteiger partial charge on any atom is 0.270 e. The molecule has 0 spiro atoms. The molecule has 0 bridgehead atoms. The fourth-order valence-electron chi connectivity index (χ4n) is 2.12. The van der Waals surface area contributed by atoms with Crippen molar-refractivity contribution in [3.63, 3.8) is 0 Å². The molecule has 3 aromatic heterocycles. The number of hydrogen-bond donors (Lipinski definition) is 1. The minimum Gasteiger partial charge on any atom is -0.339 e. The minimum atomic E-state index is -0.463. The second-order valence-corrected chi connectivity index (χ2v) is 5.82. The largest absolute Gasteiger partial charge is 0.339 e. The van der Waals surface area contributed by atoms with Gasteiger partial charge in [-0.15, -0.1) is 0 Å². The van der Waals surface area contributed by atoms with E-state index in [9.17, 15) is 4.79 Å². The number of pyridine rings is 1. The van der Waals surface area contributed by atoms with Crippen molar-refractivity contribution in [2.24, 2.45) is 0 Å². The van der Waals surface area contributed by atoms with Crippen molar-refractivity contribution >= 4 is 5.91 Å². The summed E-state index contributed by atoms with van der Waals surface area (Å²) in [6.45, 7) is 5.70. The third kappa shape index (κ3) is 3.85. The standard InChI is InChI=1S/C17H18N6O2/c1-10(2)14-19-9-7-13(21-14)16(24)20-11(3)17-22-15(23-25-17)12-6-4-5-8-18-12/h4-11H,1-3H3,(H,20,24)/t11-/m1/s1. The monoisotopic (exact) mass is 338 g/mol. The Kier molecular flexibility index (Phi) is 4.78. The van der Waals surface area contributed by atoms with Gasteiger partial charge in [-0.3, -0.25) is 9.78 Å². The number of carbonyl (C=O) groups excluding carboxylic acids is 1. The van der Waals surface area contributed by atoms with E-state index in [1.165, 1.54) is 0 Å².